The van der Waals surface area contributed by atoms with Gasteiger partial charge in [0.25, 0.3) is 0 Å². The van der Waals surface area contributed by atoms with Gasteiger partial charge in [-0.15, -0.1) is 0 Å². The van der Waals surface area contributed by atoms with Crippen LogP contribution < -0.4 is 0 Å². The zero-order valence-electron chi connectivity index (χ0n) is 22.6. The second-order valence-corrected chi connectivity index (χ2v) is 9.26. The molecule has 0 aromatic heterocycles. The summed E-state index contributed by atoms with van der Waals surface area (Å²) in [6, 6.07) is 0. The van der Waals surface area contributed by atoms with Gasteiger partial charge in [0.2, 0.25) is 0 Å². The number of hydrogen-bond acceptors (Lipinski definition) is 4. The third kappa shape index (κ3) is 27.5. The molecule has 0 aromatic rings. The van der Waals surface area contributed by atoms with Gasteiger partial charge in [-0.05, 0) is 51.0 Å². The Morgan fingerprint density at radius 1 is 0.545 bits per heavy atom. The molecule has 4 heteroatoms. The first-order chi connectivity index (χ1) is 16.3. The summed E-state index contributed by atoms with van der Waals surface area (Å²) in [5, 5.41) is 0. The fraction of sp³-hybridized carbons (Fsp3) is 0.931. The quantitative estimate of drug-likeness (QED) is 0.0648. The van der Waals surface area contributed by atoms with Crippen molar-refractivity contribution in [3.63, 3.8) is 0 Å². The lowest BCUT2D eigenvalue weighted by molar-refractivity contribution is -0.147. The Labute approximate surface area is 207 Å². The van der Waals surface area contributed by atoms with Gasteiger partial charge in [0.15, 0.2) is 13.1 Å². The van der Waals surface area contributed by atoms with Crippen LogP contribution in [0, 0.1) is 0 Å². The van der Waals surface area contributed by atoms with Crippen molar-refractivity contribution < 1.29 is 18.9 Å². The highest BCUT2D eigenvalue weighted by Crippen LogP contribution is 2.14. The molecule has 0 saturated heterocycles. The van der Waals surface area contributed by atoms with E-state index in [4.69, 9.17) is 18.9 Å². The van der Waals surface area contributed by atoms with Crippen molar-refractivity contribution in [2.24, 2.45) is 0 Å². The van der Waals surface area contributed by atoms with Gasteiger partial charge in [-0.25, -0.2) is 0 Å². The molecule has 0 N–H and O–H groups in total. The Balaban J connectivity index is 3.37. The Morgan fingerprint density at radius 3 is 1.70 bits per heavy atom. The highest BCUT2D eigenvalue weighted by molar-refractivity contribution is 4.72. The van der Waals surface area contributed by atoms with E-state index < -0.39 is 0 Å². The van der Waals surface area contributed by atoms with E-state index in [0.717, 1.165) is 51.9 Å². The molecule has 0 fully saturated rings. The summed E-state index contributed by atoms with van der Waals surface area (Å²) in [7, 11) is 0. The molecule has 0 rings (SSSR count). The number of ether oxygens (including phenoxy) is 4. The summed E-state index contributed by atoms with van der Waals surface area (Å²) in [6.07, 6.45) is 27.6. The molecule has 0 aliphatic carbocycles. The normalized spacial score (nSPS) is 11.8. The van der Waals surface area contributed by atoms with Crippen LogP contribution >= 0.6 is 0 Å². The Morgan fingerprint density at radius 2 is 1.09 bits per heavy atom. The van der Waals surface area contributed by atoms with Crippen molar-refractivity contribution in [1.82, 2.24) is 0 Å². The van der Waals surface area contributed by atoms with Gasteiger partial charge in [0, 0.05) is 13.2 Å². The van der Waals surface area contributed by atoms with E-state index in [2.05, 4.69) is 26.8 Å². The summed E-state index contributed by atoms with van der Waals surface area (Å²) in [5.74, 6) is 0. The van der Waals surface area contributed by atoms with Crippen molar-refractivity contribution in [3.8, 4) is 0 Å². The molecule has 0 aliphatic heterocycles. The minimum absolute atomic E-state index is 0.0191. The molecular weight excluding hydrogens is 412 g/mol. The van der Waals surface area contributed by atoms with Crippen molar-refractivity contribution >= 4 is 0 Å². The predicted octanol–water partition coefficient (Wildman–Crippen LogP) is 9.32. The number of rotatable bonds is 28. The summed E-state index contributed by atoms with van der Waals surface area (Å²) >= 11 is 0. The van der Waals surface area contributed by atoms with Gasteiger partial charge in [-0.2, -0.15) is 0 Å². The Bertz CT molecular complexity index is 363. The predicted molar refractivity (Wildman–Crippen MR) is 141 cm³/mol. The molecule has 0 bridgehead atoms. The van der Waals surface area contributed by atoms with E-state index >= 15 is 0 Å². The van der Waals surface area contributed by atoms with Crippen LogP contribution in [0.4, 0.5) is 0 Å². The van der Waals surface area contributed by atoms with Crippen LogP contribution in [-0.4, -0.2) is 32.9 Å². The average Bonchev–Trinajstić information content (AvgIpc) is 2.82. The molecule has 0 amide bonds. The molecule has 4 nitrogen and oxygen atoms in total. The highest BCUT2D eigenvalue weighted by atomic mass is 16.7. The second kappa shape index (κ2) is 29.5. The van der Waals surface area contributed by atoms with Gasteiger partial charge in [-0.3, -0.25) is 0 Å². The molecule has 0 spiro atoms. The fourth-order valence-electron chi connectivity index (χ4n) is 3.66. The zero-order valence-corrected chi connectivity index (χ0v) is 22.6. The van der Waals surface area contributed by atoms with Crippen LogP contribution in [0.2, 0.25) is 0 Å². The molecule has 0 unspecified atom stereocenters. The number of allylic oxidation sites excluding steroid dienone is 1. The maximum Gasteiger partial charge on any atom is 0.188 e. The molecule has 0 saturated carbocycles. The van der Waals surface area contributed by atoms with Crippen molar-refractivity contribution in [2.45, 2.75) is 149 Å². The van der Waals surface area contributed by atoms with Gasteiger partial charge in [0.1, 0.15) is 0 Å². The number of hydrogen-bond donors (Lipinski definition) is 0. The van der Waals surface area contributed by atoms with Crippen LogP contribution in [0.3, 0.4) is 0 Å². The minimum Gasteiger partial charge on any atom is -0.475 e. The number of unbranched alkanes of at least 4 members (excludes halogenated alkanes) is 14. The molecule has 0 heterocycles. The molecule has 0 aliphatic rings. The first-order valence-electron chi connectivity index (χ1n) is 14.4. The molecule has 0 aromatic carbocycles. The molecule has 0 atom stereocenters. The van der Waals surface area contributed by atoms with Crippen LogP contribution in [0.25, 0.3) is 0 Å². The molecule has 33 heavy (non-hydrogen) atoms. The molecule has 0 radical (unpaired) electrons. The Kier molecular flexibility index (Phi) is 28.9. The van der Waals surface area contributed by atoms with Gasteiger partial charge < -0.3 is 18.9 Å². The topological polar surface area (TPSA) is 36.9 Å². The fourth-order valence-corrected chi connectivity index (χ4v) is 3.66. The lowest BCUT2D eigenvalue weighted by Gasteiger charge is -2.18. The first-order valence-corrected chi connectivity index (χ1v) is 14.4. The summed E-state index contributed by atoms with van der Waals surface area (Å²) in [6.45, 7) is 9.52. The lowest BCUT2D eigenvalue weighted by Crippen LogP contribution is -2.18. The highest BCUT2D eigenvalue weighted by Gasteiger charge is 2.08. The van der Waals surface area contributed by atoms with Crippen molar-refractivity contribution in [2.75, 3.05) is 26.6 Å². The standard InChI is InChI=1S/C29H58O4/c1-4-7-10-21-24-30-28-31-25-22-19-17-15-13-11-12-14-16-18-20-23-29(32-26-8-5-2)33-27-9-6-3/h22,25,29H,4-21,23-24,26-28H2,1-3H3. The largest absolute Gasteiger partial charge is 0.475 e. The van der Waals surface area contributed by atoms with Gasteiger partial charge in [0.05, 0.1) is 12.9 Å². The van der Waals surface area contributed by atoms with E-state index in [-0.39, 0.29) is 6.29 Å². The summed E-state index contributed by atoms with van der Waals surface area (Å²) in [5.41, 5.74) is 0. The van der Waals surface area contributed by atoms with Crippen molar-refractivity contribution in [3.05, 3.63) is 12.3 Å². The lowest BCUT2D eigenvalue weighted by atomic mass is 10.1. The SMILES string of the molecule is CCCCCCOCOC=CCCCCCCCCCCCC(OCCCC)OCCCC. The van der Waals surface area contributed by atoms with E-state index in [1.807, 2.05) is 0 Å². The molecular formula is C29H58O4. The van der Waals surface area contributed by atoms with E-state index in [0.29, 0.717) is 6.79 Å². The average molecular weight is 471 g/mol. The second-order valence-electron chi connectivity index (χ2n) is 9.26. The monoisotopic (exact) mass is 470 g/mol. The summed E-state index contributed by atoms with van der Waals surface area (Å²) < 4.78 is 22.7. The maximum atomic E-state index is 5.93. The Hall–Kier alpha value is -0.580. The third-order valence-electron chi connectivity index (χ3n) is 5.90. The van der Waals surface area contributed by atoms with Crippen LogP contribution in [0.5, 0.6) is 0 Å². The first kappa shape index (κ1) is 32.4. The third-order valence-corrected chi connectivity index (χ3v) is 5.90. The van der Waals surface area contributed by atoms with Gasteiger partial charge in [-0.1, -0.05) is 97.8 Å². The van der Waals surface area contributed by atoms with Crippen molar-refractivity contribution in [1.29, 1.82) is 0 Å². The smallest absolute Gasteiger partial charge is 0.188 e. The zero-order chi connectivity index (χ0) is 24.1. The van der Waals surface area contributed by atoms with Gasteiger partial charge >= 0.3 is 0 Å². The summed E-state index contributed by atoms with van der Waals surface area (Å²) in [4.78, 5) is 0. The van der Waals surface area contributed by atoms with Crippen LogP contribution in [0.1, 0.15) is 143 Å². The minimum atomic E-state index is 0.0191. The van der Waals surface area contributed by atoms with Crippen LogP contribution in [-0.2, 0) is 18.9 Å². The van der Waals surface area contributed by atoms with E-state index in [9.17, 15) is 0 Å². The van der Waals surface area contributed by atoms with Crippen LogP contribution in [0.15, 0.2) is 12.3 Å². The van der Waals surface area contributed by atoms with E-state index in [1.165, 1.54) is 89.9 Å². The maximum absolute atomic E-state index is 5.93. The molecule has 198 valence electrons. The van der Waals surface area contributed by atoms with E-state index in [1.54, 1.807) is 6.26 Å².